The molecule has 0 aliphatic carbocycles. The minimum atomic E-state index is -0.616. The Bertz CT molecular complexity index is 649. The molecule has 4 N–H and O–H groups in total. The summed E-state index contributed by atoms with van der Waals surface area (Å²) in [4.78, 5) is 30.2. The van der Waals surface area contributed by atoms with E-state index in [9.17, 15) is 9.59 Å². The summed E-state index contributed by atoms with van der Waals surface area (Å²) < 4.78 is 7.58. The van der Waals surface area contributed by atoms with Gasteiger partial charge in [0.2, 0.25) is 5.91 Å². The molecule has 144 valence electrons. The van der Waals surface area contributed by atoms with Crippen LogP contribution in [0.25, 0.3) is 0 Å². The Labute approximate surface area is 153 Å². The van der Waals surface area contributed by atoms with Gasteiger partial charge in [-0.25, -0.2) is 4.98 Å². The van der Waals surface area contributed by atoms with E-state index in [1.807, 2.05) is 9.47 Å². The lowest BCUT2D eigenvalue weighted by Gasteiger charge is -2.37. The number of aromatic nitrogens is 2. The molecule has 8 nitrogen and oxygen atoms in total. The second kappa shape index (κ2) is 8.07. The molecular weight excluding hydrogens is 334 g/mol. The standard InChI is InChI=1S/C18H29N5O3/c1-2-3-14-10-12(6-9-26-14)18(25)22-7-4-13(5-8-22)23-11-21-15(16(23)19)17(20)24/h11-14H,2-10,19H2,1H3,(H2,20,24). The number of ether oxygens (including phenoxy) is 1. The fourth-order valence-electron chi connectivity index (χ4n) is 4.10. The van der Waals surface area contributed by atoms with E-state index in [1.54, 1.807) is 6.33 Å². The summed E-state index contributed by atoms with van der Waals surface area (Å²) in [6.45, 7) is 4.22. The molecule has 26 heavy (non-hydrogen) atoms. The van der Waals surface area contributed by atoms with Crippen LogP contribution in [0.2, 0.25) is 0 Å². The maximum atomic E-state index is 12.9. The van der Waals surface area contributed by atoms with Gasteiger partial charge in [0, 0.05) is 31.7 Å². The van der Waals surface area contributed by atoms with Crippen molar-refractivity contribution < 1.29 is 14.3 Å². The van der Waals surface area contributed by atoms with Crippen molar-refractivity contribution in [3.63, 3.8) is 0 Å². The molecule has 0 aromatic carbocycles. The number of primary amides is 1. The van der Waals surface area contributed by atoms with Gasteiger partial charge in [0.15, 0.2) is 5.69 Å². The van der Waals surface area contributed by atoms with Gasteiger partial charge < -0.3 is 25.7 Å². The lowest BCUT2D eigenvalue weighted by molar-refractivity contribution is -0.142. The minimum Gasteiger partial charge on any atom is -0.383 e. The summed E-state index contributed by atoms with van der Waals surface area (Å²) in [7, 11) is 0. The first kappa shape index (κ1) is 18.7. The summed E-state index contributed by atoms with van der Waals surface area (Å²) in [5.41, 5.74) is 11.4. The van der Waals surface area contributed by atoms with Crippen LogP contribution in [-0.4, -0.2) is 52.1 Å². The Balaban J connectivity index is 1.56. The average molecular weight is 363 g/mol. The summed E-state index contributed by atoms with van der Waals surface area (Å²) >= 11 is 0. The zero-order valence-electron chi connectivity index (χ0n) is 15.4. The number of imidazole rings is 1. The quantitative estimate of drug-likeness (QED) is 0.818. The number of carbonyl (C=O) groups is 2. The van der Waals surface area contributed by atoms with Crippen molar-refractivity contribution in [2.24, 2.45) is 11.7 Å². The first-order chi connectivity index (χ1) is 12.5. The number of hydrogen-bond donors (Lipinski definition) is 2. The Morgan fingerprint density at radius 3 is 2.65 bits per heavy atom. The largest absolute Gasteiger partial charge is 0.383 e. The number of nitrogens with two attached hydrogens (primary N) is 2. The maximum Gasteiger partial charge on any atom is 0.271 e. The normalized spacial score (nSPS) is 24.6. The second-order valence-corrected chi connectivity index (χ2v) is 7.31. The Morgan fingerprint density at radius 1 is 1.31 bits per heavy atom. The number of nitrogens with zero attached hydrogens (tertiary/aromatic N) is 3. The lowest BCUT2D eigenvalue weighted by Crippen LogP contribution is -2.44. The highest BCUT2D eigenvalue weighted by Gasteiger charge is 2.33. The molecule has 0 saturated carbocycles. The van der Waals surface area contributed by atoms with Gasteiger partial charge >= 0.3 is 0 Å². The van der Waals surface area contributed by atoms with E-state index in [2.05, 4.69) is 11.9 Å². The summed E-state index contributed by atoms with van der Waals surface area (Å²) in [5, 5.41) is 0. The van der Waals surface area contributed by atoms with Crippen LogP contribution in [0, 0.1) is 5.92 Å². The van der Waals surface area contributed by atoms with Gasteiger partial charge in [-0.1, -0.05) is 13.3 Å². The van der Waals surface area contributed by atoms with Gasteiger partial charge in [-0.2, -0.15) is 0 Å². The number of likely N-dealkylation sites (tertiary alicyclic amines) is 1. The van der Waals surface area contributed by atoms with E-state index in [1.165, 1.54) is 0 Å². The molecular formula is C18H29N5O3. The Morgan fingerprint density at radius 2 is 2.04 bits per heavy atom. The summed E-state index contributed by atoms with van der Waals surface area (Å²) in [6.07, 6.45) is 7.14. The van der Waals surface area contributed by atoms with Gasteiger partial charge in [-0.3, -0.25) is 9.59 Å². The number of rotatable bonds is 5. The van der Waals surface area contributed by atoms with Crippen LogP contribution in [0.4, 0.5) is 5.82 Å². The molecule has 2 aliphatic rings. The number of piperidine rings is 1. The molecule has 0 radical (unpaired) electrons. The molecule has 2 fully saturated rings. The SMILES string of the molecule is CCCC1CC(C(=O)N2CCC(n3cnc(C(N)=O)c3N)CC2)CCO1. The zero-order valence-corrected chi connectivity index (χ0v) is 15.4. The maximum absolute atomic E-state index is 12.9. The predicted molar refractivity (Wildman–Crippen MR) is 97.4 cm³/mol. The van der Waals surface area contributed by atoms with Gasteiger partial charge in [-0.15, -0.1) is 0 Å². The third kappa shape index (κ3) is 3.85. The van der Waals surface area contributed by atoms with Crippen LogP contribution >= 0.6 is 0 Å². The van der Waals surface area contributed by atoms with Crippen LogP contribution < -0.4 is 11.5 Å². The van der Waals surface area contributed by atoms with Crippen LogP contribution in [-0.2, 0) is 9.53 Å². The molecule has 2 unspecified atom stereocenters. The molecule has 2 amide bonds. The third-order valence-corrected chi connectivity index (χ3v) is 5.56. The van der Waals surface area contributed by atoms with Crippen molar-refractivity contribution in [1.29, 1.82) is 0 Å². The molecule has 1 aromatic heterocycles. The van der Waals surface area contributed by atoms with Crippen molar-refractivity contribution in [2.75, 3.05) is 25.4 Å². The summed E-state index contributed by atoms with van der Waals surface area (Å²) in [6, 6.07) is 0.141. The molecule has 1 aromatic rings. The number of anilines is 1. The van der Waals surface area contributed by atoms with Crippen molar-refractivity contribution in [3.8, 4) is 0 Å². The molecule has 0 bridgehead atoms. The fraction of sp³-hybridized carbons (Fsp3) is 0.722. The van der Waals surface area contributed by atoms with Crippen LogP contribution in [0.3, 0.4) is 0 Å². The van der Waals surface area contributed by atoms with Crippen LogP contribution in [0.15, 0.2) is 6.33 Å². The molecule has 0 spiro atoms. The molecule has 3 rings (SSSR count). The van der Waals surface area contributed by atoms with Gasteiger partial charge in [0.1, 0.15) is 5.82 Å². The van der Waals surface area contributed by atoms with E-state index in [0.717, 1.165) is 38.5 Å². The van der Waals surface area contributed by atoms with Gasteiger partial charge in [0.05, 0.1) is 12.4 Å². The average Bonchev–Trinajstić information content (AvgIpc) is 3.03. The molecule has 2 saturated heterocycles. The van der Waals surface area contributed by atoms with Crippen molar-refractivity contribution in [1.82, 2.24) is 14.5 Å². The first-order valence-corrected chi connectivity index (χ1v) is 9.53. The second-order valence-electron chi connectivity index (χ2n) is 7.31. The van der Waals surface area contributed by atoms with Gasteiger partial charge in [0.25, 0.3) is 5.91 Å². The minimum absolute atomic E-state index is 0.0802. The van der Waals surface area contributed by atoms with Crippen LogP contribution in [0.1, 0.15) is 62.0 Å². The van der Waals surface area contributed by atoms with Crippen molar-refractivity contribution >= 4 is 17.6 Å². The first-order valence-electron chi connectivity index (χ1n) is 9.53. The molecule has 2 aliphatic heterocycles. The van der Waals surface area contributed by atoms with E-state index >= 15 is 0 Å². The number of carbonyl (C=O) groups excluding carboxylic acids is 2. The molecule has 3 heterocycles. The predicted octanol–water partition coefficient (Wildman–Crippen LogP) is 1.32. The summed E-state index contributed by atoms with van der Waals surface area (Å²) in [5.74, 6) is 0.0324. The van der Waals surface area contributed by atoms with Crippen molar-refractivity contribution in [2.45, 2.75) is 57.6 Å². The van der Waals surface area contributed by atoms with E-state index < -0.39 is 5.91 Å². The Hall–Kier alpha value is -2.09. The topological polar surface area (TPSA) is 116 Å². The Kier molecular flexibility index (Phi) is 5.80. The number of amides is 2. The fourth-order valence-corrected chi connectivity index (χ4v) is 4.10. The van der Waals surface area contributed by atoms with Crippen molar-refractivity contribution in [3.05, 3.63) is 12.0 Å². The van der Waals surface area contributed by atoms with Crippen LogP contribution in [0.5, 0.6) is 0 Å². The van der Waals surface area contributed by atoms with E-state index in [0.29, 0.717) is 25.5 Å². The highest BCUT2D eigenvalue weighted by atomic mass is 16.5. The number of hydrogen-bond acceptors (Lipinski definition) is 5. The number of nitrogen functional groups attached to an aromatic ring is 1. The highest BCUT2D eigenvalue weighted by molar-refractivity contribution is 5.95. The monoisotopic (exact) mass is 363 g/mol. The van der Waals surface area contributed by atoms with E-state index in [4.69, 9.17) is 16.2 Å². The zero-order chi connectivity index (χ0) is 18.7. The smallest absolute Gasteiger partial charge is 0.271 e. The molecule has 2 atom stereocenters. The molecule has 8 heteroatoms. The third-order valence-electron chi connectivity index (χ3n) is 5.56. The van der Waals surface area contributed by atoms with E-state index in [-0.39, 0.29) is 29.7 Å². The van der Waals surface area contributed by atoms with Gasteiger partial charge in [-0.05, 0) is 32.1 Å². The highest BCUT2D eigenvalue weighted by Crippen LogP contribution is 2.30. The lowest BCUT2D eigenvalue weighted by atomic mass is 9.91.